The van der Waals surface area contributed by atoms with Gasteiger partial charge in [0, 0.05) is 11.6 Å². The highest BCUT2D eigenvalue weighted by Crippen LogP contribution is 2.21. The predicted molar refractivity (Wildman–Crippen MR) is 80.8 cm³/mol. The summed E-state index contributed by atoms with van der Waals surface area (Å²) in [4.78, 5) is 11.5. The van der Waals surface area contributed by atoms with Gasteiger partial charge in [-0.3, -0.25) is 4.79 Å². The van der Waals surface area contributed by atoms with Crippen LogP contribution in [0.4, 0.5) is 0 Å². The van der Waals surface area contributed by atoms with Crippen molar-refractivity contribution < 1.29 is 9.90 Å². The minimum absolute atomic E-state index is 0.213. The Hall–Kier alpha value is -1.74. The largest absolute Gasteiger partial charge is 0.503 e. The maximum absolute atomic E-state index is 11.5. The van der Waals surface area contributed by atoms with Crippen LogP contribution >= 0.6 is 11.6 Å². The molecule has 0 atom stereocenters. The number of benzene rings is 1. The number of carbonyl (C=O) groups is 1. The van der Waals surface area contributed by atoms with Crippen molar-refractivity contribution in [2.45, 2.75) is 26.2 Å². The first-order valence-corrected chi connectivity index (χ1v) is 7.12. The Balaban J connectivity index is 2.16. The summed E-state index contributed by atoms with van der Waals surface area (Å²) in [5, 5.41) is 13.1. The fourth-order valence-corrected chi connectivity index (χ4v) is 2.51. The summed E-state index contributed by atoms with van der Waals surface area (Å²) in [7, 11) is 0. The Labute approximate surface area is 124 Å². The topological polar surface area (TPSA) is 49.3 Å². The van der Waals surface area contributed by atoms with Crippen molar-refractivity contribution >= 4 is 17.5 Å². The van der Waals surface area contributed by atoms with E-state index in [1.807, 2.05) is 24.3 Å². The molecule has 0 aromatic heterocycles. The van der Waals surface area contributed by atoms with E-state index in [0.29, 0.717) is 6.54 Å². The Kier molecular flexibility index (Phi) is 4.85. The van der Waals surface area contributed by atoms with Gasteiger partial charge in [-0.25, -0.2) is 0 Å². The standard InChI is InChI=1S/C16H18ClNO2/c1-2-12-10-18-16(20)15(19)9-13(12)7-6-11-4-3-5-14(17)8-11/h3-5,8-9,19H,2,6-7,10H2,1H3,(H,18,20). The minimum atomic E-state index is -0.409. The molecule has 1 amide bonds. The number of allylic oxidation sites excluding steroid dienone is 2. The summed E-state index contributed by atoms with van der Waals surface area (Å²) in [5.74, 6) is -0.622. The maximum Gasteiger partial charge on any atom is 0.286 e. The van der Waals surface area contributed by atoms with E-state index in [1.165, 1.54) is 0 Å². The lowest BCUT2D eigenvalue weighted by Gasteiger charge is -2.09. The molecule has 1 aromatic rings. The third-order valence-electron chi connectivity index (χ3n) is 3.46. The fraction of sp³-hybridized carbons (Fsp3) is 0.312. The van der Waals surface area contributed by atoms with Crippen LogP contribution in [0.5, 0.6) is 0 Å². The van der Waals surface area contributed by atoms with Crippen LogP contribution in [0, 0.1) is 0 Å². The number of carbonyl (C=O) groups excluding carboxylic acids is 1. The number of rotatable bonds is 4. The number of hydrogen-bond acceptors (Lipinski definition) is 2. The zero-order valence-electron chi connectivity index (χ0n) is 11.4. The quantitative estimate of drug-likeness (QED) is 0.891. The summed E-state index contributed by atoms with van der Waals surface area (Å²) < 4.78 is 0. The Morgan fingerprint density at radius 3 is 2.85 bits per heavy atom. The lowest BCUT2D eigenvalue weighted by Crippen LogP contribution is -2.25. The molecule has 4 heteroatoms. The molecule has 0 fully saturated rings. The molecule has 1 heterocycles. The number of aryl methyl sites for hydroxylation is 1. The summed E-state index contributed by atoms with van der Waals surface area (Å²) in [5.41, 5.74) is 3.34. The first-order valence-electron chi connectivity index (χ1n) is 6.74. The second-order valence-electron chi connectivity index (χ2n) is 4.82. The van der Waals surface area contributed by atoms with Gasteiger partial charge in [-0.15, -0.1) is 0 Å². The molecule has 0 saturated heterocycles. The molecule has 3 nitrogen and oxygen atoms in total. The average molecular weight is 292 g/mol. The van der Waals surface area contributed by atoms with E-state index in [2.05, 4.69) is 12.2 Å². The van der Waals surface area contributed by atoms with Crippen molar-refractivity contribution in [3.63, 3.8) is 0 Å². The molecule has 0 spiro atoms. The van der Waals surface area contributed by atoms with Gasteiger partial charge in [0.25, 0.3) is 5.91 Å². The summed E-state index contributed by atoms with van der Waals surface area (Å²) in [6, 6.07) is 7.75. The number of hydrogen-bond donors (Lipinski definition) is 2. The first-order chi connectivity index (χ1) is 9.60. The number of aliphatic hydroxyl groups excluding tert-OH is 1. The number of nitrogens with one attached hydrogen (secondary N) is 1. The summed E-state index contributed by atoms with van der Waals surface area (Å²) in [6.45, 7) is 2.55. The second kappa shape index (κ2) is 6.62. The molecule has 2 rings (SSSR count). The summed E-state index contributed by atoms with van der Waals surface area (Å²) >= 11 is 5.97. The Morgan fingerprint density at radius 1 is 1.35 bits per heavy atom. The van der Waals surface area contributed by atoms with Gasteiger partial charge in [0.2, 0.25) is 0 Å². The molecular weight excluding hydrogens is 274 g/mol. The molecule has 1 aliphatic heterocycles. The Bertz CT molecular complexity index is 576. The predicted octanol–water partition coefficient (Wildman–Crippen LogP) is 3.55. The van der Waals surface area contributed by atoms with Crippen LogP contribution in [0.1, 0.15) is 25.3 Å². The van der Waals surface area contributed by atoms with Gasteiger partial charge in [0.05, 0.1) is 0 Å². The van der Waals surface area contributed by atoms with Crippen LogP contribution in [-0.2, 0) is 11.2 Å². The van der Waals surface area contributed by atoms with Crippen molar-refractivity contribution in [3.05, 3.63) is 57.8 Å². The molecule has 2 N–H and O–H groups in total. The molecule has 106 valence electrons. The highest BCUT2D eigenvalue weighted by atomic mass is 35.5. The van der Waals surface area contributed by atoms with Gasteiger partial charge >= 0.3 is 0 Å². The highest BCUT2D eigenvalue weighted by Gasteiger charge is 2.15. The van der Waals surface area contributed by atoms with Gasteiger partial charge in [-0.1, -0.05) is 30.7 Å². The highest BCUT2D eigenvalue weighted by molar-refractivity contribution is 6.30. The van der Waals surface area contributed by atoms with Crippen molar-refractivity contribution in [2.24, 2.45) is 0 Å². The Morgan fingerprint density at radius 2 is 2.15 bits per heavy atom. The van der Waals surface area contributed by atoms with Crippen LogP contribution in [0.25, 0.3) is 0 Å². The lowest BCUT2D eigenvalue weighted by molar-refractivity contribution is -0.119. The fourth-order valence-electron chi connectivity index (χ4n) is 2.30. The molecular formula is C16H18ClNO2. The molecule has 1 aliphatic rings. The molecule has 0 saturated carbocycles. The van der Waals surface area contributed by atoms with Crippen molar-refractivity contribution in [1.29, 1.82) is 0 Å². The monoisotopic (exact) mass is 291 g/mol. The van der Waals surface area contributed by atoms with E-state index in [0.717, 1.165) is 41.0 Å². The van der Waals surface area contributed by atoms with E-state index in [-0.39, 0.29) is 5.76 Å². The molecule has 0 unspecified atom stereocenters. The van der Waals surface area contributed by atoms with Crippen LogP contribution in [0.15, 0.2) is 47.2 Å². The second-order valence-corrected chi connectivity index (χ2v) is 5.26. The molecule has 0 bridgehead atoms. The van der Waals surface area contributed by atoms with Gasteiger partial charge in [-0.05, 0) is 54.2 Å². The van der Waals surface area contributed by atoms with E-state index < -0.39 is 5.91 Å². The van der Waals surface area contributed by atoms with Gasteiger partial charge in [0.15, 0.2) is 5.76 Å². The smallest absolute Gasteiger partial charge is 0.286 e. The van der Waals surface area contributed by atoms with E-state index in [1.54, 1.807) is 6.08 Å². The van der Waals surface area contributed by atoms with Crippen LogP contribution in [0.2, 0.25) is 5.02 Å². The van der Waals surface area contributed by atoms with E-state index >= 15 is 0 Å². The van der Waals surface area contributed by atoms with E-state index in [9.17, 15) is 9.90 Å². The van der Waals surface area contributed by atoms with Gasteiger partial charge < -0.3 is 10.4 Å². The molecule has 0 aliphatic carbocycles. The average Bonchev–Trinajstić information content (AvgIpc) is 2.57. The molecule has 1 aromatic carbocycles. The van der Waals surface area contributed by atoms with Gasteiger partial charge in [0.1, 0.15) is 0 Å². The minimum Gasteiger partial charge on any atom is -0.503 e. The first kappa shape index (κ1) is 14.7. The number of amides is 1. The van der Waals surface area contributed by atoms with E-state index in [4.69, 9.17) is 11.6 Å². The molecule has 0 radical (unpaired) electrons. The normalized spacial score (nSPS) is 15.7. The zero-order valence-corrected chi connectivity index (χ0v) is 12.2. The van der Waals surface area contributed by atoms with Crippen LogP contribution < -0.4 is 5.32 Å². The third kappa shape index (κ3) is 3.64. The molecule has 20 heavy (non-hydrogen) atoms. The van der Waals surface area contributed by atoms with Crippen molar-refractivity contribution in [1.82, 2.24) is 5.32 Å². The van der Waals surface area contributed by atoms with Crippen molar-refractivity contribution in [2.75, 3.05) is 6.54 Å². The van der Waals surface area contributed by atoms with Crippen LogP contribution in [0.3, 0.4) is 0 Å². The maximum atomic E-state index is 11.5. The van der Waals surface area contributed by atoms with Crippen LogP contribution in [-0.4, -0.2) is 17.6 Å². The summed E-state index contributed by atoms with van der Waals surface area (Å²) in [6.07, 6.45) is 4.06. The van der Waals surface area contributed by atoms with Gasteiger partial charge in [-0.2, -0.15) is 0 Å². The SMILES string of the molecule is CCC1=C(CCc2cccc(Cl)c2)C=C(O)C(=O)NC1. The zero-order chi connectivity index (χ0) is 14.5. The third-order valence-corrected chi connectivity index (χ3v) is 3.69. The lowest BCUT2D eigenvalue weighted by atomic mass is 9.98. The number of aliphatic hydroxyl groups is 1. The van der Waals surface area contributed by atoms with Crippen molar-refractivity contribution in [3.8, 4) is 0 Å². The number of halogens is 1.